The molecule has 0 bridgehead atoms. The highest BCUT2D eigenvalue weighted by atomic mass is 16.5. The van der Waals surface area contributed by atoms with Crippen molar-refractivity contribution in [3.8, 4) is 17.2 Å². The van der Waals surface area contributed by atoms with Crippen LogP contribution in [0, 0.1) is 5.41 Å². The van der Waals surface area contributed by atoms with Crippen LogP contribution in [0.3, 0.4) is 0 Å². The van der Waals surface area contributed by atoms with Gasteiger partial charge in [-0.25, -0.2) is 0 Å². The number of hydrogen-bond acceptors (Lipinski definition) is 4. The van der Waals surface area contributed by atoms with Crippen molar-refractivity contribution in [2.45, 2.75) is 26.8 Å². The summed E-state index contributed by atoms with van der Waals surface area (Å²) >= 11 is 0. The largest absolute Gasteiger partial charge is 0.493 e. The molecule has 2 N–H and O–H groups in total. The molecule has 0 aliphatic rings. The highest BCUT2D eigenvalue weighted by Crippen LogP contribution is 2.38. The van der Waals surface area contributed by atoms with E-state index in [-0.39, 0.29) is 5.41 Å². The zero-order chi connectivity index (χ0) is 21.3. The Hall–Kier alpha value is -2.89. The van der Waals surface area contributed by atoms with Crippen LogP contribution in [0.15, 0.2) is 47.5 Å². The van der Waals surface area contributed by atoms with E-state index in [4.69, 9.17) is 14.2 Å². The van der Waals surface area contributed by atoms with E-state index < -0.39 is 0 Å². The average molecular weight is 400 g/mol. The summed E-state index contributed by atoms with van der Waals surface area (Å²) < 4.78 is 16.2. The van der Waals surface area contributed by atoms with Crippen molar-refractivity contribution in [2.24, 2.45) is 10.4 Å². The number of guanidine groups is 1. The molecule has 0 radical (unpaired) electrons. The Balaban J connectivity index is 1.97. The fraction of sp³-hybridized carbons (Fsp3) is 0.435. The molecule has 6 heteroatoms. The standard InChI is InChI=1S/C23H33N3O3/c1-23(2,14-17-10-8-7-9-11-17)16-26-22(24-3)25-15-18-12-19(27-4)21(29-6)20(13-18)28-5/h7-13H,14-16H2,1-6H3,(H2,24,25,26). The molecule has 0 spiro atoms. The lowest BCUT2D eigenvalue weighted by Crippen LogP contribution is -2.42. The molecule has 2 rings (SSSR count). The number of ether oxygens (including phenoxy) is 3. The molecule has 0 aliphatic carbocycles. The molecule has 0 aliphatic heterocycles. The third kappa shape index (κ3) is 6.59. The molecule has 0 atom stereocenters. The molecule has 0 fully saturated rings. The highest BCUT2D eigenvalue weighted by Gasteiger charge is 2.19. The maximum absolute atomic E-state index is 5.42. The van der Waals surface area contributed by atoms with Gasteiger partial charge in [-0.05, 0) is 35.1 Å². The summed E-state index contributed by atoms with van der Waals surface area (Å²) in [4.78, 5) is 4.34. The lowest BCUT2D eigenvalue weighted by Gasteiger charge is -2.26. The summed E-state index contributed by atoms with van der Waals surface area (Å²) in [5.74, 6) is 2.61. The molecule has 0 unspecified atom stereocenters. The van der Waals surface area contributed by atoms with Crippen LogP contribution in [0.2, 0.25) is 0 Å². The van der Waals surface area contributed by atoms with Crippen molar-refractivity contribution < 1.29 is 14.2 Å². The smallest absolute Gasteiger partial charge is 0.203 e. The molecule has 0 saturated heterocycles. The maximum atomic E-state index is 5.42. The Morgan fingerprint density at radius 3 is 2.03 bits per heavy atom. The molecule has 0 saturated carbocycles. The number of nitrogens with zero attached hydrogens (tertiary/aromatic N) is 1. The fourth-order valence-corrected chi connectivity index (χ4v) is 3.18. The van der Waals surface area contributed by atoms with Gasteiger partial charge in [0.15, 0.2) is 17.5 Å². The SMILES string of the molecule is CN=C(NCc1cc(OC)c(OC)c(OC)c1)NCC(C)(C)Cc1ccccc1. The zero-order valence-corrected chi connectivity index (χ0v) is 18.3. The van der Waals surface area contributed by atoms with Crippen molar-refractivity contribution in [1.82, 2.24) is 10.6 Å². The van der Waals surface area contributed by atoms with Crippen molar-refractivity contribution in [2.75, 3.05) is 34.9 Å². The van der Waals surface area contributed by atoms with Gasteiger partial charge < -0.3 is 24.8 Å². The van der Waals surface area contributed by atoms with Crippen molar-refractivity contribution in [1.29, 1.82) is 0 Å². The Bertz CT molecular complexity index is 779. The third-order valence-electron chi connectivity index (χ3n) is 4.67. The molecule has 6 nitrogen and oxygen atoms in total. The minimum Gasteiger partial charge on any atom is -0.493 e. The van der Waals surface area contributed by atoms with Crippen molar-refractivity contribution in [3.63, 3.8) is 0 Å². The van der Waals surface area contributed by atoms with Gasteiger partial charge in [0.1, 0.15) is 0 Å². The monoisotopic (exact) mass is 399 g/mol. The minimum atomic E-state index is 0.0888. The predicted molar refractivity (Wildman–Crippen MR) is 118 cm³/mol. The van der Waals surface area contributed by atoms with E-state index in [2.05, 4.69) is 53.7 Å². The van der Waals surface area contributed by atoms with E-state index in [1.165, 1.54) is 5.56 Å². The summed E-state index contributed by atoms with van der Waals surface area (Å²) in [7, 11) is 6.60. The van der Waals surface area contributed by atoms with Crippen LogP contribution < -0.4 is 24.8 Å². The second kappa shape index (κ2) is 10.6. The summed E-state index contributed by atoms with van der Waals surface area (Å²) in [5, 5.41) is 6.78. The van der Waals surface area contributed by atoms with E-state index in [9.17, 15) is 0 Å². The number of nitrogens with one attached hydrogen (secondary N) is 2. The van der Waals surface area contributed by atoms with Crippen LogP contribution in [-0.4, -0.2) is 40.9 Å². The van der Waals surface area contributed by atoms with Crippen molar-refractivity contribution >= 4 is 5.96 Å². The molecule has 29 heavy (non-hydrogen) atoms. The predicted octanol–water partition coefficient (Wildman–Crippen LogP) is 3.65. The van der Waals surface area contributed by atoms with Gasteiger partial charge in [-0.15, -0.1) is 0 Å². The number of aliphatic imine (C=N–C) groups is 1. The van der Waals surface area contributed by atoms with Crippen LogP contribution in [0.5, 0.6) is 17.2 Å². The fourth-order valence-electron chi connectivity index (χ4n) is 3.18. The van der Waals surface area contributed by atoms with Gasteiger partial charge in [0.2, 0.25) is 5.75 Å². The molecular formula is C23H33N3O3. The number of hydrogen-bond donors (Lipinski definition) is 2. The zero-order valence-electron chi connectivity index (χ0n) is 18.3. The summed E-state index contributed by atoms with van der Waals surface area (Å²) in [6, 6.07) is 14.4. The summed E-state index contributed by atoms with van der Waals surface area (Å²) in [6.45, 7) is 5.88. The first-order valence-corrected chi connectivity index (χ1v) is 9.69. The topological polar surface area (TPSA) is 64.1 Å². The number of methoxy groups -OCH3 is 3. The molecule has 0 amide bonds. The van der Waals surface area contributed by atoms with Crippen LogP contribution >= 0.6 is 0 Å². The summed E-state index contributed by atoms with van der Waals surface area (Å²) in [6.07, 6.45) is 0.991. The second-order valence-corrected chi connectivity index (χ2v) is 7.64. The van der Waals surface area contributed by atoms with Crippen LogP contribution in [0.1, 0.15) is 25.0 Å². The van der Waals surface area contributed by atoms with Gasteiger partial charge in [-0.1, -0.05) is 44.2 Å². The first kappa shape index (κ1) is 22.4. The second-order valence-electron chi connectivity index (χ2n) is 7.64. The Morgan fingerprint density at radius 1 is 0.897 bits per heavy atom. The average Bonchev–Trinajstić information content (AvgIpc) is 2.73. The van der Waals surface area contributed by atoms with Crippen LogP contribution in [0.4, 0.5) is 0 Å². The number of benzene rings is 2. The Kier molecular flexibility index (Phi) is 8.19. The lowest BCUT2D eigenvalue weighted by atomic mass is 9.86. The van der Waals surface area contributed by atoms with Gasteiger partial charge >= 0.3 is 0 Å². The van der Waals surface area contributed by atoms with Crippen LogP contribution in [0.25, 0.3) is 0 Å². The number of rotatable bonds is 9. The van der Waals surface area contributed by atoms with Gasteiger partial charge in [0.05, 0.1) is 21.3 Å². The highest BCUT2D eigenvalue weighted by molar-refractivity contribution is 5.79. The lowest BCUT2D eigenvalue weighted by molar-refractivity contribution is 0.323. The van der Waals surface area contributed by atoms with E-state index in [1.54, 1.807) is 28.4 Å². The van der Waals surface area contributed by atoms with Gasteiger partial charge in [-0.2, -0.15) is 0 Å². The van der Waals surface area contributed by atoms with Gasteiger partial charge in [-0.3, -0.25) is 4.99 Å². The Labute approximate surface area is 174 Å². The quantitative estimate of drug-likeness (QED) is 0.498. The Morgan fingerprint density at radius 2 is 1.52 bits per heavy atom. The first-order valence-electron chi connectivity index (χ1n) is 9.69. The first-order chi connectivity index (χ1) is 13.9. The molecule has 0 aromatic heterocycles. The van der Waals surface area contributed by atoms with E-state index in [0.29, 0.717) is 23.8 Å². The van der Waals surface area contributed by atoms with Crippen LogP contribution in [-0.2, 0) is 13.0 Å². The van der Waals surface area contributed by atoms with Crippen molar-refractivity contribution in [3.05, 3.63) is 53.6 Å². The third-order valence-corrected chi connectivity index (χ3v) is 4.67. The minimum absolute atomic E-state index is 0.0888. The molecule has 2 aromatic rings. The van der Waals surface area contributed by atoms with E-state index in [1.807, 2.05) is 18.2 Å². The van der Waals surface area contributed by atoms with Gasteiger partial charge in [0.25, 0.3) is 0 Å². The molecule has 158 valence electrons. The molecule has 0 heterocycles. The molecule has 2 aromatic carbocycles. The van der Waals surface area contributed by atoms with Gasteiger partial charge in [0, 0.05) is 20.1 Å². The van der Waals surface area contributed by atoms with E-state index >= 15 is 0 Å². The van der Waals surface area contributed by atoms with E-state index in [0.717, 1.165) is 24.5 Å². The molecular weight excluding hydrogens is 366 g/mol. The maximum Gasteiger partial charge on any atom is 0.203 e. The summed E-state index contributed by atoms with van der Waals surface area (Å²) in [5.41, 5.74) is 2.43. The normalized spacial score (nSPS) is 11.7.